The van der Waals surface area contributed by atoms with Gasteiger partial charge in [0.1, 0.15) is 16.7 Å². The molecule has 0 spiro atoms. The zero-order chi connectivity index (χ0) is 13.7. The Morgan fingerprint density at radius 2 is 2.21 bits per heavy atom. The number of phenols is 1. The van der Waals surface area contributed by atoms with Gasteiger partial charge < -0.3 is 10.4 Å². The molecule has 2 rings (SSSR count). The fourth-order valence-electron chi connectivity index (χ4n) is 1.94. The van der Waals surface area contributed by atoms with Gasteiger partial charge in [0.15, 0.2) is 0 Å². The van der Waals surface area contributed by atoms with E-state index in [4.69, 9.17) is 11.6 Å². The second-order valence-corrected chi connectivity index (χ2v) is 4.69. The van der Waals surface area contributed by atoms with Crippen LogP contribution >= 0.6 is 11.6 Å². The van der Waals surface area contributed by atoms with Gasteiger partial charge >= 0.3 is 0 Å². The maximum atomic E-state index is 9.56. The molecule has 19 heavy (non-hydrogen) atoms. The molecule has 1 aromatic carbocycles. The average Bonchev–Trinajstić information content (AvgIpc) is 2.38. The van der Waals surface area contributed by atoms with E-state index in [1.165, 1.54) is 6.20 Å². The Labute approximate surface area is 117 Å². The molecule has 0 amide bonds. The Morgan fingerprint density at radius 1 is 1.37 bits per heavy atom. The third kappa shape index (κ3) is 3.83. The van der Waals surface area contributed by atoms with E-state index in [9.17, 15) is 5.11 Å². The number of benzene rings is 1. The summed E-state index contributed by atoms with van der Waals surface area (Å²) in [6, 6.07) is 7.30. The Bertz CT molecular complexity index is 548. The maximum absolute atomic E-state index is 9.56. The van der Waals surface area contributed by atoms with E-state index in [2.05, 4.69) is 22.2 Å². The van der Waals surface area contributed by atoms with Crippen LogP contribution in [0.15, 0.2) is 36.7 Å². The largest absolute Gasteiger partial charge is 0.508 e. The number of aromatic hydroxyl groups is 1. The van der Waals surface area contributed by atoms with E-state index in [-0.39, 0.29) is 11.8 Å². The zero-order valence-electron chi connectivity index (χ0n) is 10.7. The smallest absolute Gasteiger partial charge is 0.149 e. The van der Waals surface area contributed by atoms with Crippen LogP contribution in [0.2, 0.25) is 5.15 Å². The van der Waals surface area contributed by atoms with Crippen LogP contribution in [0.1, 0.15) is 31.4 Å². The van der Waals surface area contributed by atoms with E-state index >= 15 is 0 Å². The van der Waals surface area contributed by atoms with Crippen LogP contribution in [0.3, 0.4) is 0 Å². The summed E-state index contributed by atoms with van der Waals surface area (Å²) in [5.74, 6) is 0.895. The minimum Gasteiger partial charge on any atom is -0.508 e. The molecule has 1 aromatic heterocycles. The lowest BCUT2D eigenvalue weighted by molar-refractivity contribution is 0.473. The first kappa shape index (κ1) is 13.6. The fourth-order valence-corrected chi connectivity index (χ4v) is 2.09. The number of nitrogens with one attached hydrogen (secondary N) is 1. The van der Waals surface area contributed by atoms with Gasteiger partial charge in [0.2, 0.25) is 0 Å². The van der Waals surface area contributed by atoms with Crippen molar-refractivity contribution < 1.29 is 5.11 Å². The minimum atomic E-state index is 0.0740. The van der Waals surface area contributed by atoms with Crippen molar-refractivity contribution in [1.29, 1.82) is 0 Å². The van der Waals surface area contributed by atoms with Crippen molar-refractivity contribution in [3.63, 3.8) is 0 Å². The van der Waals surface area contributed by atoms with Crippen molar-refractivity contribution in [3.05, 3.63) is 47.4 Å². The molecule has 0 aliphatic rings. The number of nitrogens with zero attached hydrogens (tertiary/aromatic N) is 2. The summed E-state index contributed by atoms with van der Waals surface area (Å²) in [6.45, 7) is 2.11. The lowest BCUT2D eigenvalue weighted by Crippen LogP contribution is -2.11. The topological polar surface area (TPSA) is 58.0 Å². The molecule has 0 fully saturated rings. The van der Waals surface area contributed by atoms with Gasteiger partial charge in [-0.15, -0.1) is 0 Å². The first-order chi connectivity index (χ1) is 9.19. The Kier molecular flexibility index (Phi) is 4.58. The van der Waals surface area contributed by atoms with Crippen LogP contribution in [-0.2, 0) is 0 Å². The second kappa shape index (κ2) is 6.38. The Balaban J connectivity index is 2.21. The highest BCUT2D eigenvalue weighted by Crippen LogP contribution is 2.25. The molecule has 0 aliphatic carbocycles. The monoisotopic (exact) mass is 277 g/mol. The SMILES string of the molecule is CCCC(Nc1cncc(Cl)n1)c1cccc(O)c1. The van der Waals surface area contributed by atoms with Gasteiger partial charge in [-0.05, 0) is 24.1 Å². The quantitative estimate of drug-likeness (QED) is 0.873. The van der Waals surface area contributed by atoms with Gasteiger partial charge in [-0.3, -0.25) is 4.98 Å². The normalized spacial score (nSPS) is 12.1. The highest BCUT2D eigenvalue weighted by Gasteiger charge is 2.12. The number of hydrogen-bond donors (Lipinski definition) is 2. The highest BCUT2D eigenvalue weighted by atomic mass is 35.5. The van der Waals surface area contributed by atoms with E-state index in [1.807, 2.05) is 12.1 Å². The predicted octanol–water partition coefficient (Wildman–Crippen LogP) is 3.79. The lowest BCUT2D eigenvalue weighted by atomic mass is 10.0. The number of aromatic nitrogens is 2. The van der Waals surface area contributed by atoms with Crippen LogP contribution in [0.25, 0.3) is 0 Å². The zero-order valence-corrected chi connectivity index (χ0v) is 11.4. The molecule has 5 heteroatoms. The average molecular weight is 278 g/mol. The van der Waals surface area contributed by atoms with E-state index in [1.54, 1.807) is 18.3 Å². The van der Waals surface area contributed by atoms with Crippen molar-refractivity contribution in [2.45, 2.75) is 25.8 Å². The van der Waals surface area contributed by atoms with E-state index in [0.717, 1.165) is 18.4 Å². The molecular weight excluding hydrogens is 262 g/mol. The van der Waals surface area contributed by atoms with Crippen molar-refractivity contribution in [1.82, 2.24) is 9.97 Å². The van der Waals surface area contributed by atoms with Crippen LogP contribution in [0.5, 0.6) is 5.75 Å². The van der Waals surface area contributed by atoms with Gasteiger partial charge in [-0.1, -0.05) is 37.1 Å². The summed E-state index contributed by atoms with van der Waals surface area (Å²) >= 11 is 5.82. The fraction of sp³-hybridized carbons (Fsp3) is 0.286. The number of anilines is 1. The van der Waals surface area contributed by atoms with Crippen molar-refractivity contribution >= 4 is 17.4 Å². The molecule has 0 saturated carbocycles. The van der Waals surface area contributed by atoms with E-state index < -0.39 is 0 Å². The van der Waals surface area contributed by atoms with Crippen LogP contribution in [0.4, 0.5) is 5.82 Å². The molecule has 0 bridgehead atoms. The van der Waals surface area contributed by atoms with Crippen LogP contribution < -0.4 is 5.32 Å². The summed E-state index contributed by atoms with van der Waals surface area (Å²) in [5, 5.41) is 13.2. The Morgan fingerprint density at radius 3 is 2.89 bits per heavy atom. The molecule has 1 unspecified atom stereocenters. The number of halogens is 1. The van der Waals surface area contributed by atoms with E-state index in [0.29, 0.717) is 11.0 Å². The molecule has 2 N–H and O–H groups in total. The van der Waals surface area contributed by atoms with Crippen LogP contribution in [0, 0.1) is 0 Å². The van der Waals surface area contributed by atoms with Crippen molar-refractivity contribution in [3.8, 4) is 5.75 Å². The standard InChI is InChI=1S/C14H16ClN3O/c1-2-4-12(10-5-3-6-11(19)7-10)17-14-9-16-8-13(15)18-14/h3,5-9,12,19H,2,4H2,1H3,(H,17,18). The molecule has 1 atom stereocenters. The van der Waals surface area contributed by atoms with Crippen LogP contribution in [-0.4, -0.2) is 15.1 Å². The maximum Gasteiger partial charge on any atom is 0.149 e. The van der Waals surface area contributed by atoms with Gasteiger partial charge in [-0.2, -0.15) is 0 Å². The number of rotatable bonds is 5. The molecule has 4 nitrogen and oxygen atoms in total. The molecule has 100 valence electrons. The molecule has 0 saturated heterocycles. The molecular formula is C14H16ClN3O. The van der Waals surface area contributed by atoms with Gasteiger partial charge in [0.25, 0.3) is 0 Å². The van der Waals surface area contributed by atoms with Gasteiger partial charge in [-0.25, -0.2) is 4.98 Å². The first-order valence-electron chi connectivity index (χ1n) is 6.22. The summed E-state index contributed by atoms with van der Waals surface area (Å²) in [7, 11) is 0. The lowest BCUT2D eigenvalue weighted by Gasteiger charge is -2.19. The van der Waals surface area contributed by atoms with Crippen molar-refractivity contribution in [2.24, 2.45) is 0 Å². The predicted molar refractivity (Wildman–Crippen MR) is 76.4 cm³/mol. The molecule has 0 radical (unpaired) electrons. The molecule has 2 aromatic rings. The number of hydrogen-bond acceptors (Lipinski definition) is 4. The molecule has 1 heterocycles. The summed E-state index contributed by atoms with van der Waals surface area (Å²) < 4.78 is 0. The van der Waals surface area contributed by atoms with Gasteiger partial charge in [0, 0.05) is 0 Å². The first-order valence-corrected chi connectivity index (χ1v) is 6.60. The van der Waals surface area contributed by atoms with Crippen molar-refractivity contribution in [2.75, 3.05) is 5.32 Å². The second-order valence-electron chi connectivity index (χ2n) is 4.31. The van der Waals surface area contributed by atoms with Gasteiger partial charge in [0.05, 0.1) is 18.4 Å². The number of phenolic OH excluding ortho intramolecular Hbond substituents is 1. The summed E-state index contributed by atoms with van der Waals surface area (Å²) in [6.07, 6.45) is 5.08. The summed E-state index contributed by atoms with van der Waals surface area (Å²) in [5.41, 5.74) is 1.02. The third-order valence-corrected chi connectivity index (χ3v) is 2.96. The summed E-state index contributed by atoms with van der Waals surface area (Å²) in [4.78, 5) is 8.17. The minimum absolute atomic E-state index is 0.0740. The third-order valence-electron chi connectivity index (χ3n) is 2.78. The molecule has 0 aliphatic heterocycles. The highest BCUT2D eigenvalue weighted by molar-refractivity contribution is 6.29. The Hall–Kier alpha value is -1.81.